The van der Waals surface area contributed by atoms with Gasteiger partial charge in [0, 0.05) is 12.6 Å². The van der Waals surface area contributed by atoms with E-state index in [1.165, 1.54) is 6.07 Å². The highest BCUT2D eigenvalue weighted by Crippen LogP contribution is 2.35. The molecule has 0 aromatic heterocycles. The summed E-state index contributed by atoms with van der Waals surface area (Å²) < 4.78 is 38.9. The Morgan fingerprint density at radius 2 is 2.04 bits per heavy atom. The van der Waals surface area contributed by atoms with E-state index in [4.69, 9.17) is 0 Å². The zero-order chi connectivity index (χ0) is 17.3. The van der Waals surface area contributed by atoms with Gasteiger partial charge in [0.05, 0.1) is 11.6 Å². The molecular formula is C16H21F3N4O. The maximum Gasteiger partial charge on any atom is 0.416 e. The lowest BCUT2D eigenvalue weighted by molar-refractivity contribution is -0.137. The number of alkyl halides is 3. The van der Waals surface area contributed by atoms with Gasteiger partial charge in [-0.3, -0.25) is 4.79 Å². The van der Waals surface area contributed by atoms with Gasteiger partial charge in [-0.05, 0) is 43.9 Å². The summed E-state index contributed by atoms with van der Waals surface area (Å²) in [4.78, 5) is 14.5. The number of nitrogens with zero attached hydrogens (tertiary/aromatic N) is 1. The van der Waals surface area contributed by atoms with Crippen LogP contribution in [0.2, 0.25) is 0 Å². The number of hydrogen-bond acceptors (Lipinski definition) is 4. The van der Waals surface area contributed by atoms with Gasteiger partial charge in [0.1, 0.15) is 6.04 Å². The molecule has 1 aromatic carbocycles. The third kappa shape index (κ3) is 3.40. The summed E-state index contributed by atoms with van der Waals surface area (Å²) >= 11 is 0. The summed E-state index contributed by atoms with van der Waals surface area (Å²) in [6.07, 6.45) is -1.94. The Morgan fingerprint density at radius 1 is 1.25 bits per heavy atom. The van der Waals surface area contributed by atoms with Crippen molar-refractivity contribution in [1.82, 2.24) is 21.3 Å². The Morgan fingerprint density at radius 3 is 2.71 bits per heavy atom. The number of nitrogens with one attached hydrogen (secondary N) is 3. The normalized spacial score (nSPS) is 28.2. The van der Waals surface area contributed by atoms with Gasteiger partial charge in [0.25, 0.3) is 0 Å². The molecule has 1 amide bonds. The number of amides is 1. The fourth-order valence-corrected chi connectivity index (χ4v) is 3.36. The van der Waals surface area contributed by atoms with E-state index in [0.717, 1.165) is 25.0 Å². The lowest BCUT2D eigenvalue weighted by Gasteiger charge is -2.38. The van der Waals surface area contributed by atoms with Crippen LogP contribution in [0.15, 0.2) is 24.3 Å². The Balaban J connectivity index is 1.86. The highest BCUT2D eigenvalue weighted by molar-refractivity contribution is 5.83. The van der Waals surface area contributed by atoms with Crippen LogP contribution in [0.1, 0.15) is 43.4 Å². The summed E-state index contributed by atoms with van der Waals surface area (Å²) in [5, 5.41) is 0. The number of carbonyl (C=O) groups excluding carboxylic acids is 1. The average Bonchev–Trinajstić information content (AvgIpc) is 2.99. The minimum absolute atomic E-state index is 0.0953. The molecule has 2 fully saturated rings. The number of likely N-dealkylation sites (tertiary alicyclic amines) is 1. The first-order chi connectivity index (χ1) is 11.4. The first-order valence-corrected chi connectivity index (χ1v) is 8.11. The standard InChI is InChI=1S/C16H21F3N4O/c1-10-14(21-22-20-10)15(24)23-8-3-2-7-13(23)11-5-4-6-12(9-11)16(17,18)19/h4-6,9-10,13-14,20-22H,2-3,7-8H2,1H3. The van der Waals surface area contributed by atoms with E-state index < -0.39 is 17.8 Å². The van der Waals surface area contributed by atoms with E-state index in [0.29, 0.717) is 18.5 Å². The Hall–Kier alpha value is -1.64. The van der Waals surface area contributed by atoms with Gasteiger partial charge >= 0.3 is 6.18 Å². The molecule has 3 rings (SSSR count). The molecule has 0 aliphatic carbocycles. The number of hydrogen-bond donors (Lipinski definition) is 3. The topological polar surface area (TPSA) is 56.4 Å². The predicted molar refractivity (Wildman–Crippen MR) is 82.4 cm³/mol. The quantitative estimate of drug-likeness (QED) is 0.771. The van der Waals surface area contributed by atoms with Crippen LogP contribution in [-0.4, -0.2) is 29.4 Å². The van der Waals surface area contributed by atoms with Crippen molar-refractivity contribution in [2.45, 2.75) is 50.5 Å². The van der Waals surface area contributed by atoms with Crippen molar-refractivity contribution in [3.8, 4) is 0 Å². The van der Waals surface area contributed by atoms with Crippen molar-refractivity contribution >= 4 is 5.91 Å². The Kier molecular flexibility index (Phi) is 4.80. The third-order valence-corrected chi connectivity index (χ3v) is 4.68. The van der Waals surface area contributed by atoms with Gasteiger partial charge in [-0.2, -0.15) is 18.7 Å². The van der Waals surface area contributed by atoms with E-state index in [1.54, 1.807) is 11.0 Å². The number of carbonyl (C=O) groups is 1. The monoisotopic (exact) mass is 342 g/mol. The van der Waals surface area contributed by atoms with Crippen LogP contribution in [0.3, 0.4) is 0 Å². The van der Waals surface area contributed by atoms with Crippen molar-refractivity contribution in [3.05, 3.63) is 35.4 Å². The summed E-state index contributed by atoms with van der Waals surface area (Å²) in [5.41, 5.74) is 8.40. The Bertz CT molecular complexity index is 607. The van der Waals surface area contributed by atoms with E-state index in [1.807, 2.05) is 6.92 Å². The van der Waals surface area contributed by atoms with Crippen LogP contribution in [0, 0.1) is 0 Å². The van der Waals surface area contributed by atoms with Gasteiger partial charge in [0.2, 0.25) is 5.91 Å². The molecule has 0 spiro atoms. The molecule has 3 N–H and O–H groups in total. The molecule has 0 saturated carbocycles. The van der Waals surface area contributed by atoms with Gasteiger partial charge in [-0.25, -0.2) is 10.9 Å². The summed E-state index contributed by atoms with van der Waals surface area (Å²) in [6, 6.07) is 4.47. The van der Waals surface area contributed by atoms with E-state index >= 15 is 0 Å². The van der Waals surface area contributed by atoms with Crippen LogP contribution in [0.5, 0.6) is 0 Å². The molecule has 3 atom stereocenters. The first-order valence-electron chi connectivity index (χ1n) is 8.11. The lowest BCUT2D eigenvalue weighted by atomic mass is 9.93. The second-order valence-electron chi connectivity index (χ2n) is 6.35. The van der Waals surface area contributed by atoms with Crippen molar-refractivity contribution in [2.24, 2.45) is 0 Å². The van der Waals surface area contributed by atoms with Crippen LogP contribution in [-0.2, 0) is 11.0 Å². The van der Waals surface area contributed by atoms with Gasteiger partial charge in [-0.1, -0.05) is 12.1 Å². The van der Waals surface area contributed by atoms with Gasteiger partial charge in [0.15, 0.2) is 0 Å². The smallest absolute Gasteiger partial charge is 0.334 e. The molecule has 8 heteroatoms. The van der Waals surface area contributed by atoms with E-state index in [-0.39, 0.29) is 18.0 Å². The lowest BCUT2D eigenvalue weighted by Crippen LogP contribution is -2.51. The average molecular weight is 342 g/mol. The fourth-order valence-electron chi connectivity index (χ4n) is 3.36. The highest BCUT2D eigenvalue weighted by Gasteiger charge is 2.38. The van der Waals surface area contributed by atoms with Crippen LogP contribution < -0.4 is 16.4 Å². The molecule has 2 saturated heterocycles. The molecule has 24 heavy (non-hydrogen) atoms. The summed E-state index contributed by atoms with van der Waals surface area (Å²) in [5.74, 6) is -0.0953. The molecular weight excluding hydrogens is 321 g/mol. The molecule has 1 aromatic rings. The van der Waals surface area contributed by atoms with Crippen molar-refractivity contribution in [1.29, 1.82) is 0 Å². The zero-order valence-corrected chi connectivity index (χ0v) is 13.4. The minimum atomic E-state index is -4.38. The number of piperidine rings is 1. The van der Waals surface area contributed by atoms with Crippen LogP contribution in [0.4, 0.5) is 13.2 Å². The Labute approximate surface area is 138 Å². The summed E-state index contributed by atoms with van der Waals surface area (Å²) in [7, 11) is 0. The van der Waals surface area contributed by atoms with Crippen LogP contribution in [0.25, 0.3) is 0 Å². The zero-order valence-electron chi connectivity index (χ0n) is 13.4. The molecule has 132 valence electrons. The molecule has 5 nitrogen and oxygen atoms in total. The molecule has 0 radical (unpaired) electrons. The maximum atomic E-state index is 13.0. The number of hydrazine groups is 2. The molecule has 2 heterocycles. The van der Waals surface area contributed by atoms with Crippen molar-refractivity contribution in [2.75, 3.05) is 6.54 Å². The second kappa shape index (κ2) is 6.70. The maximum absolute atomic E-state index is 13.0. The van der Waals surface area contributed by atoms with E-state index in [2.05, 4.69) is 16.4 Å². The van der Waals surface area contributed by atoms with E-state index in [9.17, 15) is 18.0 Å². The SMILES string of the molecule is CC1NNNC1C(=O)N1CCCCC1c1cccc(C(F)(F)F)c1. The minimum Gasteiger partial charge on any atom is -0.334 e. The molecule has 0 bridgehead atoms. The highest BCUT2D eigenvalue weighted by atomic mass is 19.4. The van der Waals surface area contributed by atoms with Crippen molar-refractivity contribution < 1.29 is 18.0 Å². The summed E-state index contributed by atoms with van der Waals surface area (Å²) in [6.45, 7) is 2.43. The molecule has 3 unspecified atom stereocenters. The number of benzene rings is 1. The van der Waals surface area contributed by atoms with Crippen LogP contribution >= 0.6 is 0 Å². The molecule has 2 aliphatic rings. The first kappa shape index (κ1) is 17.2. The molecule has 2 aliphatic heterocycles. The van der Waals surface area contributed by atoms with Crippen molar-refractivity contribution in [3.63, 3.8) is 0 Å². The fraction of sp³-hybridized carbons (Fsp3) is 0.562. The van der Waals surface area contributed by atoms with Gasteiger partial charge < -0.3 is 4.90 Å². The van der Waals surface area contributed by atoms with Gasteiger partial charge in [-0.15, -0.1) is 0 Å². The second-order valence-corrected chi connectivity index (χ2v) is 6.35. The number of halogens is 3. The largest absolute Gasteiger partial charge is 0.416 e. The third-order valence-electron chi connectivity index (χ3n) is 4.68. The predicted octanol–water partition coefficient (Wildman–Crippen LogP) is 2.13. The number of rotatable bonds is 2.